The molecule has 0 spiro atoms. The molecule has 0 N–H and O–H groups in total. The van der Waals surface area contributed by atoms with E-state index in [9.17, 15) is 9.18 Å². The van der Waals surface area contributed by atoms with Crippen molar-refractivity contribution in [3.8, 4) is 6.01 Å². The summed E-state index contributed by atoms with van der Waals surface area (Å²) in [7, 11) is 0. The highest BCUT2D eigenvalue weighted by Crippen LogP contribution is 2.22. The Morgan fingerprint density at radius 1 is 1.39 bits per heavy atom. The Hall–Kier alpha value is -2.09. The Balaban J connectivity index is 1.67. The molecule has 1 atom stereocenters. The number of hydrogen-bond acceptors (Lipinski definition) is 6. The summed E-state index contributed by atoms with van der Waals surface area (Å²) in [6.07, 6.45) is 3.60. The molecule has 6 nitrogen and oxygen atoms in total. The van der Waals surface area contributed by atoms with E-state index in [0.29, 0.717) is 18.0 Å². The van der Waals surface area contributed by atoms with Crippen LogP contribution in [0, 0.1) is 19.7 Å². The largest absolute Gasteiger partial charge is 0.458 e. The van der Waals surface area contributed by atoms with Crippen LogP contribution in [0.3, 0.4) is 0 Å². The first-order valence-corrected chi connectivity index (χ1v) is 8.22. The van der Waals surface area contributed by atoms with E-state index in [-0.39, 0.29) is 18.0 Å². The molecule has 1 aliphatic rings. The minimum absolute atomic E-state index is 0.0126. The fraction of sp³-hybridized carbons (Fsp3) is 0.467. The Bertz CT molecular complexity index is 704. The molecule has 122 valence electrons. The maximum absolute atomic E-state index is 12.8. The van der Waals surface area contributed by atoms with Crippen LogP contribution in [-0.2, 0) is 0 Å². The maximum atomic E-state index is 12.8. The third-order valence-electron chi connectivity index (χ3n) is 3.63. The zero-order valence-electron chi connectivity index (χ0n) is 13.0. The fourth-order valence-corrected chi connectivity index (χ4v) is 3.49. The number of ether oxygens (including phenoxy) is 1. The third kappa shape index (κ3) is 3.64. The average molecular weight is 336 g/mol. The first kappa shape index (κ1) is 15.8. The van der Waals surface area contributed by atoms with Gasteiger partial charge in [0, 0.05) is 6.54 Å². The lowest BCUT2D eigenvalue weighted by molar-refractivity contribution is 0.0518. The van der Waals surface area contributed by atoms with Crippen molar-refractivity contribution >= 4 is 17.2 Å². The Morgan fingerprint density at radius 3 is 2.78 bits per heavy atom. The Kier molecular flexibility index (Phi) is 4.51. The maximum Gasteiger partial charge on any atom is 0.316 e. The summed E-state index contributed by atoms with van der Waals surface area (Å²) in [4.78, 5) is 27.0. The Labute approximate surface area is 137 Å². The summed E-state index contributed by atoms with van der Waals surface area (Å²) in [5.74, 6) is -0.518. The van der Waals surface area contributed by atoms with E-state index in [0.717, 1.165) is 35.9 Å². The van der Waals surface area contributed by atoms with Crippen LogP contribution >= 0.6 is 11.3 Å². The fourth-order valence-electron chi connectivity index (χ4n) is 2.60. The SMILES string of the molecule is Cc1nc(C)c(C(=O)N2CCC[C@H](Oc3ncc(F)cn3)C2)s1. The monoisotopic (exact) mass is 336 g/mol. The topological polar surface area (TPSA) is 68.2 Å². The molecule has 0 unspecified atom stereocenters. The molecule has 2 aromatic heterocycles. The summed E-state index contributed by atoms with van der Waals surface area (Å²) in [6.45, 7) is 4.90. The number of thiazole rings is 1. The van der Waals surface area contributed by atoms with Crippen LogP contribution in [0.1, 0.15) is 33.2 Å². The zero-order chi connectivity index (χ0) is 16.4. The van der Waals surface area contributed by atoms with Gasteiger partial charge in [-0.25, -0.2) is 19.3 Å². The van der Waals surface area contributed by atoms with Gasteiger partial charge in [0.25, 0.3) is 5.91 Å². The average Bonchev–Trinajstić information content (AvgIpc) is 2.88. The van der Waals surface area contributed by atoms with Gasteiger partial charge in [0.2, 0.25) is 0 Å². The van der Waals surface area contributed by atoms with Crippen molar-refractivity contribution in [1.82, 2.24) is 19.9 Å². The van der Waals surface area contributed by atoms with Crippen LogP contribution < -0.4 is 4.74 Å². The molecule has 0 aliphatic carbocycles. The van der Waals surface area contributed by atoms with E-state index in [1.165, 1.54) is 11.3 Å². The number of carbonyl (C=O) groups is 1. The third-order valence-corrected chi connectivity index (χ3v) is 4.69. The second kappa shape index (κ2) is 6.57. The lowest BCUT2D eigenvalue weighted by Crippen LogP contribution is -2.44. The van der Waals surface area contributed by atoms with Gasteiger partial charge in [-0.15, -0.1) is 11.3 Å². The van der Waals surface area contributed by atoms with Gasteiger partial charge >= 0.3 is 6.01 Å². The number of amides is 1. The van der Waals surface area contributed by atoms with E-state index in [2.05, 4.69) is 15.0 Å². The van der Waals surface area contributed by atoms with Crippen LogP contribution in [-0.4, -0.2) is 45.0 Å². The summed E-state index contributed by atoms with van der Waals surface area (Å²) in [6, 6.07) is 0.135. The van der Waals surface area contributed by atoms with Crippen LogP contribution in [0.2, 0.25) is 0 Å². The van der Waals surface area contributed by atoms with E-state index in [1.54, 1.807) is 4.90 Å². The molecule has 1 fully saturated rings. The van der Waals surface area contributed by atoms with Gasteiger partial charge in [-0.05, 0) is 26.7 Å². The van der Waals surface area contributed by atoms with E-state index in [1.807, 2.05) is 13.8 Å². The van der Waals surface area contributed by atoms with Gasteiger partial charge in [-0.1, -0.05) is 0 Å². The van der Waals surface area contributed by atoms with Crippen molar-refractivity contribution in [3.63, 3.8) is 0 Å². The smallest absolute Gasteiger partial charge is 0.316 e. The molecule has 2 aromatic rings. The summed E-state index contributed by atoms with van der Waals surface area (Å²) >= 11 is 1.41. The summed E-state index contributed by atoms with van der Waals surface area (Å²) in [5, 5.41) is 0.885. The van der Waals surface area contributed by atoms with Gasteiger partial charge in [0.1, 0.15) is 11.0 Å². The lowest BCUT2D eigenvalue weighted by Gasteiger charge is -2.32. The number of aryl methyl sites for hydroxylation is 2. The highest BCUT2D eigenvalue weighted by atomic mass is 32.1. The first-order chi connectivity index (χ1) is 11.0. The molecule has 1 amide bonds. The minimum atomic E-state index is -0.506. The predicted octanol–water partition coefficient (Wildman–Crippen LogP) is 2.37. The lowest BCUT2D eigenvalue weighted by atomic mass is 10.1. The number of carbonyl (C=O) groups excluding carboxylic acids is 1. The van der Waals surface area contributed by atoms with Crippen molar-refractivity contribution < 1.29 is 13.9 Å². The highest BCUT2D eigenvalue weighted by molar-refractivity contribution is 7.13. The molecule has 0 saturated carbocycles. The molecule has 3 heterocycles. The summed E-state index contributed by atoms with van der Waals surface area (Å²) in [5.41, 5.74) is 0.766. The van der Waals surface area contributed by atoms with E-state index >= 15 is 0 Å². The van der Waals surface area contributed by atoms with Crippen molar-refractivity contribution in [2.45, 2.75) is 32.8 Å². The van der Waals surface area contributed by atoms with Crippen LogP contribution in [0.25, 0.3) is 0 Å². The second-order valence-electron chi connectivity index (χ2n) is 5.46. The molecule has 3 rings (SSSR count). The standard InChI is InChI=1S/C15H17FN4O2S/c1-9-13(23-10(2)19-9)14(21)20-5-3-4-12(8-20)22-15-17-6-11(16)7-18-15/h6-7,12H,3-5,8H2,1-2H3/t12-/m0/s1. The number of aromatic nitrogens is 3. The number of piperidine rings is 1. The molecule has 0 bridgehead atoms. The number of rotatable bonds is 3. The van der Waals surface area contributed by atoms with Crippen LogP contribution in [0.4, 0.5) is 4.39 Å². The first-order valence-electron chi connectivity index (χ1n) is 7.40. The number of nitrogens with zero attached hydrogens (tertiary/aromatic N) is 4. The van der Waals surface area contributed by atoms with Gasteiger partial charge in [-0.3, -0.25) is 4.79 Å². The van der Waals surface area contributed by atoms with Crippen molar-refractivity contribution in [2.75, 3.05) is 13.1 Å². The van der Waals surface area contributed by atoms with Gasteiger partial charge in [0.15, 0.2) is 5.82 Å². The number of hydrogen-bond donors (Lipinski definition) is 0. The van der Waals surface area contributed by atoms with Gasteiger partial charge in [0.05, 0.1) is 29.6 Å². The van der Waals surface area contributed by atoms with Gasteiger partial charge < -0.3 is 9.64 Å². The molecule has 0 aromatic carbocycles. The predicted molar refractivity (Wildman–Crippen MR) is 83.1 cm³/mol. The molecule has 0 radical (unpaired) electrons. The molecule has 1 saturated heterocycles. The Morgan fingerprint density at radius 2 is 2.13 bits per heavy atom. The zero-order valence-corrected chi connectivity index (χ0v) is 13.8. The quantitative estimate of drug-likeness (QED) is 0.861. The van der Waals surface area contributed by atoms with Crippen LogP contribution in [0.15, 0.2) is 12.4 Å². The van der Waals surface area contributed by atoms with Gasteiger partial charge in [-0.2, -0.15) is 0 Å². The molecular formula is C15H17FN4O2S. The van der Waals surface area contributed by atoms with Crippen molar-refractivity contribution in [1.29, 1.82) is 0 Å². The van der Waals surface area contributed by atoms with Crippen molar-refractivity contribution in [3.05, 3.63) is 33.8 Å². The highest BCUT2D eigenvalue weighted by Gasteiger charge is 2.28. The normalized spacial score (nSPS) is 18.0. The second-order valence-corrected chi connectivity index (χ2v) is 6.67. The van der Waals surface area contributed by atoms with E-state index in [4.69, 9.17) is 4.74 Å². The number of likely N-dealkylation sites (tertiary alicyclic amines) is 1. The minimum Gasteiger partial charge on any atom is -0.458 e. The molecular weight excluding hydrogens is 319 g/mol. The van der Waals surface area contributed by atoms with Crippen LogP contribution in [0.5, 0.6) is 6.01 Å². The van der Waals surface area contributed by atoms with Crippen molar-refractivity contribution in [2.24, 2.45) is 0 Å². The van der Waals surface area contributed by atoms with E-state index < -0.39 is 5.82 Å². The molecule has 1 aliphatic heterocycles. The molecule has 23 heavy (non-hydrogen) atoms. The molecule has 8 heteroatoms. The number of halogens is 1. The summed E-state index contributed by atoms with van der Waals surface area (Å²) < 4.78 is 18.5.